The normalized spacial score (nSPS) is 14.4. The Kier molecular flexibility index (Phi) is 11.3. The number of aryl methyl sites for hydroxylation is 2. The molecule has 1 N–H and O–H groups in total. The number of pyridine rings is 1. The summed E-state index contributed by atoms with van der Waals surface area (Å²) < 4.78 is 1.98. The van der Waals surface area contributed by atoms with Gasteiger partial charge in [-0.15, -0.1) is 0 Å². The lowest BCUT2D eigenvalue weighted by Gasteiger charge is -2.22. The fraction of sp³-hybridized carbons (Fsp3) is 0.696. The topological polar surface area (TPSA) is 40.8 Å². The summed E-state index contributed by atoms with van der Waals surface area (Å²) in [5.41, 5.74) is 3.53. The number of rotatable bonds is 8. The summed E-state index contributed by atoms with van der Waals surface area (Å²) in [5, 5.41) is 13.3. The molecule has 1 fully saturated rings. The molecule has 0 aliphatic heterocycles. The van der Waals surface area contributed by atoms with Crippen LogP contribution in [0.25, 0.3) is 5.52 Å². The largest absolute Gasteiger partial charge is 0.396 e. The van der Waals surface area contributed by atoms with Gasteiger partial charge in [0.15, 0.2) is 0 Å². The molecular weight excluding hydrogens is 334 g/mol. The number of aliphatic hydroxyl groups excluding tert-OH is 1. The van der Waals surface area contributed by atoms with Crippen LogP contribution in [-0.2, 0) is 6.42 Å². The third kappa shape index (κ3) is 8.44. The van der Waals surface area contributed by atoms with Crippen molar-refractivity contribution in [3.63, 3.8) is 0 Å². The molecule has 0 bridgehead atoms. The molecule has 4 heteroatoms. The minimum Gasteiger partial charge on any atom is -0.396 e. The molecule has 154 valence electrons. The van der Waals surface area contributed by atoms with E-state index in [0.717, 1.165) is 31.0 Å². The minimum atomic E-state index is 0.343. The standard InChI is InChI=1S/C11H23NO.C10H12N2.C2H6/c1-3-10(6-7-13)8-12(2)9-11-4-5-11;1-3-9-7-10-6-4-5-8(2)12(10)11-9;1-2/h10-11,13H,3-9H2,1-2H3;4-7H,3H2,1-2H3;1-2H3. The number of fused-ring (bicyclic) bond motifs is 1. The van der Waals surface area contributed by atoms with Gasteiger partial charge in [-0.25, -0.2) is 4.52 Å². The van der Waals surface area contributed by atoms with E-state index in [4.69, 9.17) is 5.11 Å². The van der Waals surface area contributed by atoms with Crippen molar-refractivity contribution in [1.29, 1.82) is 0 Å². The van der Waals surface area contributed by atoms with Crippen LogP contribution in [-0.4, -0.2) is 46.4 Å². The second-order valence-corrected chi connectivity index (χ2v) is 7.44. The molecule has 0 aromatic carbocycles. The maximum atomic E-state index is 8.86. The van der Waals surface area contributed by atoms with Gasteiger partial charge in [0.05, 0.1) is 11.2 Å². The van der Waals surface area contributed by atoms with Gasteiger partial charge in [0.1, 0.15) is 0 Å². The maximum Gasteiger partial charge on any atom is 0.0667 e. The second kappa shape index (κ2) is 12.9. The van der Waals surface area contributed by atoms with Crippen molar-refractivity contribution < 1.29 is 5.11 Å². The summed E-state index contributed by atoms with van der Waals surface area (Å²) in [6, 6.07) is 8.34. The molecule has 1 unspecified atom stereocenters. The van der Waals surface area contributed by atoms with Crippen LogP contribution in [0.5, 0.6) is 0 Å². The molecule has 2 aromatic heterocycles. The smallest absolute Gasteiger partial charge is 0.0667 e. The molecule has 1 aliphatic rings. The Labute approximate surface area is 166 Å². The number of hydrogen-bond donors (Lipinski definition) is 1. The SMILES string of the molecule is CC.CCC(CCO)CN(C)CC1CC1.CCc1cc2cccc(C)n2n1. The average Bonchev–Trinajstić information content (AvgIpc) is 3.38. The molecule has 0 saturated heterocycles. The van der Waals surface area contributed by atoms with E-state index in [-0.39, 0.29) is 0 Å². The van der Waals surface area contributed by atoms with Gasteiger partial charge in [-0.3, -0.25) is 0 Å². The number of aromatic nitrogens is 2. The molecule has 1 atom stereocenters. The monoisotopic (exact) mass is 375 g/mol. The van der Waals surface area contributed by atoms with Gasteiger partial charge in [-0.1, -0.05) is 40.2 Å². The zero-order valence-electron chi connectivity index (χ0n) is 18.4. The highest BCUT2D eigenvalue weighted by molar-refractivity contribution is 5.48. The predicted molar refractivity (Wildman–Crippen MR) is 116 cm³/mol. The third-order valence-electron chi connectivity index (χ3n) is 5.04. The molecule has 3 rings (SSSR count). The van der Waals surface area contributed by atoms with Crippen molar-refractivity contribution >= 4 is 5.52 Å². The van der Waals surface area contributed by atoms with Crippen LogP contribution >= 0.6 is 0 Å². The van der Waals surface area contributed by atoms with Crippen LogP contribution in [0.15, 0.2) is 24.3 Å². The van der Waals surface area contributed by atoms with Crippen molar-refractivity contribution in [3.8, 4) is 0 Å². The highest BCUT2D eigenvalue weighted by Crippen LogP contribution is 2.29. The van der Waals surface area contributed by atoms with Gasteiger partial charge < -0.3 is 10.0 Å². The number of nitrogens with zero attached hydrogens (tertiary/aromatic N) is 3. The van der Waals surface area contributed by atoms with Gasteiger partial charge in [-0.05, 0) is 69.7 Å². The zero-order chi connectivity index (χ0) is 20.2. The Balaban J connectivity index is 0.000000248. The van der Waals surface area contributed by atoms with E-state index < -0.39 is 0 Å². The average molecular weight is 376 g/mol. The van der Waals surface area contributed by atoms with Crippen molar-refractivity contribution in [2.45, 2.75) is 66.7 Å². The van der Waals surface area contributed by atoms with E-state index in [1.165, 1.54) is 37.0 Å². The van der Waals surface area contributed by atoms with Crippen molar-refractivity contribution in [1.82, 2.24) is 14.5 Å². The van der Waals surface area contributed by atoms with E-state index in [2.05, 4.69) is 62.1 Å². The predicted octanol–water partition coefficient (Wildman–Crippen LogP) is 4.97. The lowest BCUT2D eigenvalue weighted by molar-refractivity contribution is 0.208. The van der Waals surface area contributed by atoms with Crippen LogP contribution < -0.4 is 0 Å². The molecule has 0 amide bonds. The first-order valence-electron chi connectivity index (χ1n) is 10.8. The van der Waals surface area contributed by atoms with E-state index >= 15 is 0 Å². The molecule has 1 saturated carbocycles. The molecule has 0 spiro atoms. The van der Waals surface area contributed by atoms with Crippen LogP contribution in [0.4, 0.5) is 0 Å². The van der Waals surface area contributed by atoms with Gasteiger partial charge in [-0.2, -0.15) is 5.10 Å². The first kappa shape index (κ1) is 23.6. The quantitative estimate of drug-likeness (QED) is 0.708. The van der Waals surface area contributed by atoms with E-state index in [0.29, 0.717) is 12.5 Å². The number of aliphatic hydroxyl groups is 1. The minimum absolute atomic E-state index is 0.343. The van der Waals surface area contributed by atoms with E-state index in [9.17, 15) is 0 Å². The van der Waals surface area contributed by atoms with E-state index in [1.54, 1.807) is 0 Å². The Morgan fingerprint density at radius 1 is 1.26 bits per heavy atom. The molecule has 0 radical (unpaired) electrons. The summed E-state index contributed by atoms with van der Waals surface area (Å²) in [7, 11) is 2.21. The highest BCUT2D eigenvalue weighted by Gasteiger charge is 2.23. The van der Waals surface area contributed by atoms with Gasteiger partial charge in [0, 0.05) is 25.4 Å². The Bertz CT molecular complexity index is 634. The third-order valence-corrected chi connectivity index (χ3v) is 5.04. The van der Waals surface area contributed by atoms with Gasteiger partial charge in [0.2, 0.25) is 0 Å². The van der Waals surface area contributed by atoms with Crippen LogP contribution in [0.3, 0.4) is 0 Å². The Morgan fingerprint density at radius 2 is 1.96 bits per heavy atom. The van der Waals surface area contributed by atoms with Crippen LogP contribution in [0.2, 0.25) is 0 Å². The first-order chi connectivity index (χ1) is 13.1. The summed E-state index contributed by atoms with van der Waals surface area (Å²) in [5.74, 6) is 1.67. The van der Waals surface area contributed by atoms with Crippen molar-refractivity contribution in [3.05, 3.63) is 35.7 Å². The van der Waals surface area contributed by atoms with Crippen LogP contribution in [0.1, 0.15) is 64.8 Å². The fourth-order valence-electron chi connectivity index (χ4n) is 3.24. The fourth-order valence-corrected chi connectivity index (χ4v) is 3.24. The molecule has 2 aromatic rings. The Hall–Kier alpha value is -1.39. The first-order valence-corrected chi connectivity index (χ1v) is 10.8. The lowest BCUT2D eigenvalue weighted by atomic mass is 10.0. The van der Waals surface area contributed by atoms with Crippen LogP contribution in [0, 0.1) is 18.8 Å². The highest BCUT2D eigenvalue weighted by atomic mass is 16.3. The lowest BCUT2D eigenvalue weighted by Crippen LogP contribution is -2.27. The molecule has 2 heterocycles. The summed E-state index contributed by atoms with van der Waals surface area (Å²) in [6.45, 7) is 13.2. The Morgan fingerprint density at radius 3 is 2.48 bits per heavy atom. The zero-order valence-corrected chi connectivity index (χ0v) is 18.4. The van der Waals surface area contributed by atoms with E-state index in [1.807, 2.05) is 18.4 Å². The van der Waals surface area contributed by atoms with Crippen molar-refractivity contribution in [2.24, 2.45) is 11.8 Å². The second-order valence-electron chi connectivity index (χ2n) is 7.44. The molecule has 4 nitrogen and oxygen atoms in total. The van der Waals surface area contributed by atoms with Gasteiger partial charge in [0.25, 0.3) is 0 Å². The van der Waals surface area contributed by atoms with Gasteiger partial charge >= 0.3 is 0 Å². The molecule has 27 heavy (non-hydrogen) atoms. The number of hydrogen-bond acceptors (Lipinski definition) is 3. The van der Waals surface area contributed by atoms with Crippen molar-refractivity contribution in [2.75, 3.05) is 26.7 Å². The molecular formula is C23H41N3O. The summed E-state index contributed by atoms with van der Waals surface area (Å²) in [6.07, 6.45) is 6.02. The summed E-state index contributed by atoms with van der Waals surface area (Å²) >= 11 is 0. The summed E-state index contributed by atoms with van der Waals surface area (Å²) in [4.78, 5) is 2.43. The molecule has 1 aliphatic carbocycles. The maximum absolute atomic E-state index is 8.86.